The van der Waals surface area contributed by atoms with Crippen molar-refractivity contribution in [1.29, 1.82) is 0 Å². The van der Waals surface area contributed by atoms with Gasteiger partial charge < -0.3 is 21.7 Å². The molecule has 0 amide bonds. The zero-order chi connectivity index (χ0) is 14.9. The van der Waals surface area contributed by atoms with E-state index >= 15 is 0 Å². The van der Waals surface area contributed by atoms with E-state index in [-0.39, 0.29) is 5.92 Å². The standard InChI is InChI=1S/2C6H13NO2/c1-4(2)3-5(7)6(8)9;1-3-4(2)5(7)6(8)9/h2*4-5H,3,7H2,1-2H3,(H,8,9)/t5-;4-,5-/m10/s1. The number of carboxylic acids is 2. The van der Waals surface area contributed by atoms with Crippen molar-refractivity contribution in [2.45, 2.75) is 52.6 Å². The number of rotatable bonds is 6. The Morgan fingerprint density at radius 2 is 1.50 bits per heavy atom. The monoisotopic (exact) mass is 262 g/mol. The van der Waals surface area contributed by atoms with Gasteiger partial charge in [-0.2, -0.15) is 0 Å². The molecule has 108 valence electrons. The van der Waals surface area contributed by atoms with E-state index in [1.54, 1.807) is 0 Å². The van der Waals surface area contributed by atoms with Crippen molar-refractivity contribution < 1.29 is 19.8 Å². The maximum atomic E-state index is 10.2. The van der Waals surface area contributed by atoms with E-state index in [9.17, 15) is 9.59 Å². The van der Waals surface area contributed by atoms with E-state index in [2.05, 4.69) is 0 Å². The van der Waals surface area contributed by atoms with Crippen LogP contribution in [-0.4, -0.2) is 34.2 Å². The third-order valence-electron chi connectivity index (χ3n) is 2.58. The number of aliphatic carboxylic acids is 2. The van der Waals surface area contributed by atoms with Gasteiger partial charge in [0.1, 0.15) is 12.1 Å². The molecule has 18 heavy (non-hydrogen) atoms. The van der Waals surface area contributed by atoms with Crippen LogP contribution in [0.1, 0.15) is 40.5 Å². The second-order valence-corrected chi connectivity index (χ2v) is 4.82. The van der Waals surface area contributed by atoms with E-state index in [0.29, 0.717) is 12.3 Å². The molecule has 0 saturated carbocycles. The van der Waals surface area contributed by atoms with E-state index in [0.717, 1.165) is 6.42 Å². The number of hydrogen-bond donors (Lipinski definition) is 4. The zero-order valence-electron chi connectivity index (χ0n) is 11.6. The van der Waals surface area contributed by atoms with Gasteiger partial charge in [-0.3, -0.25) is 9.59 Å². The molecule has 3 atom stereocenters. The summed E-state index contributed by atoms with van der Waals surface area (Å²) in [5.74, 6) is -1.40. The van der Waals surface area contributed by atoms with Gasteiger partial charge in [0, 0.05) is 0 Å². The Morgan fingerprint density at radius 3 is 1.61 bits per heavy atom. The first-order chi connectivity index (χ1) is 8.13. The van der Waals surface area contributed by atoms with Crippen LogP contribution in [0.15, 0.2) is 0 Å². The van der Waals surface area contributed by atoms with Gasteiger partial charge in [-0.05, 0) is 18.3 Å². The van der Waals surface area contributed by atoms with Crippen molar-refractivity contribution in [3.05, 3.63) is 0 Å². The van der Waals surface area contributed by atoms with Crippen LogP contribution in [0.4, 0.5) is 0 Å². The van der Waals surface area contributed by atoms with Gasteiger partial charge >= 0.3 is 11.9 Å². The Kier molecular flexibility index (Phi) is 10.5. The third kappa shape index (κ3) is 10.0. The number of carbonyl (C=O) groups is 2. The summed E-state index contributed by atoms with van der Waals surface area (Å²) < 4.78 is 0. The SMILES string of the molecule is CC(C)C[C@@H](N)C(=O)O.CC[C@H](C)[C@H](N)C(=O)O. The summed E-state index contributed by atoms with van der Waals surface area (Å²) in [4.78, 5) is 20.3. The molecule has 0 aliphatic heterocycles. The van der Waals surface area contributed by atoms with Crippen LogP contribution >= 0.6 is 0 Å². The third-order valence-corrected chi connectivity index (χ3v) is 2.58. The molecule has 0 radical (unpaired) electrons. The minimum Gasteiger partial charge on any atom is -0.480 e. The molecule has 0 aromatic carbocycles. The normalized spacial score (nSPS) is 15.3. The van der Waals surface area contributed by atoms with Crippen LogP contribution in [0.5, 0.6) is 0 Å². The van der Waals surface area contributed by atoms with Crippen molar-refractivity contribution in [2.24, 2.45) is 23.3 Å². The fraction of sp³-hybridized carbons (Fsp3) is 0.833. The van der Waals surface area contributed by atoms with Crippen LogP contribution in [-0.2, 0) is 9.59 Å². The fourth-order valence-electron chi connectivity index (χ4n) is 1.11. The molecule has 0 heterocycles. The van der Waals surface area contributed by atoms with E-state index < -0.39 is 24.0 Å². The van der Waals surface area contributed by atoms with Gasteiger partial charge in [0.2, 0.25) is 0 Å². The molecule has 0 spiro atoms. The lowest BCUT2D eigenvalue weighted by Crippen LogP contribution is -2.36. The molecule has 0 rings (SSSR count). The average molecular weight is 262 g/mol. The van der Waals surface area contributed by atoms with Gasteiger partial charge in [0.15, 0.2) is 0 Å². The lowest BCUT2D eigenvalue weighted by molar-refractivity contribution is -0.140. The summed E-state index contributed by atoms with van der Waals surface area (Å²) in [7, 11) is 0. The maximum absolute atomic E-state index is 10.2. The number of hydrogen-bond acceptors (Lipinski definition) is 4. The lowest BCUT2D eigenvalue weighted by Gasteiger charge is -2.11. The molecule has 6 heteroatoms. The summed E-state index contributed by atoms with van der Waals surface area (Å²) in [5, 5.41) is 16.7. The highest BCUT2D eigenvalue weighted by Gasteiger charge is 2.17. The van der Waals surface area contributed by atoms with Crippen molar-refractivity contribution >= 4 is 11.9 Å². The van der Waals surface area contributed by atoms with E-state index in [1.165, 1.54) is 0 Å². The molecule has 0 unspecified atom stereocenters. The first-order valence-corrected chi connectivity index (χ1v) is 6.10. The smallest absolute Gasteiger partial charge is 0.320 e. The Labute approximate surface area is 108 Å². The van der Waals surface area contributed by atoms with Gasteiger partial charge in [-0.1, -0.05) is 34.1 Å². The van der Waals surface area contributed by atoms with E-state index in [1.807, 2.05) is 27.7 Å². The first kappa shape index (κ1) is 19.2. The Hall–Kier alpha value is -1.14. The average Bonchev–Trinajstić information content (AvgIpc) is 2.26. The quantitative estimate of drug-likeness (QED) is 0.563. The second kappa shape index (κ2) is 9.85. The topological polar surface area (TPSA) is 127 Å². The Bertz CT molecular complexity index is 256. The highest BCUT2D eigenvalue weighted by atomic mass is 16.4. The summed E-state index contributed by atoms with van der Waals surface area (Å²) in [6.07, 6.45) is 1.36. The molecular weight excluding hydrogens is 236 g/mol. The summed E-state index contributed by atoms with van der Waals surface area (Å²) in [6, 6.07) is -1.39. The minimum atomic E-state index is -0.913. The molecule has 0 aromatic rings. The lowest BCUT2D eigenvalue weighted by atomic mass is 10.0. The Morgan fingerprint density at radius 1 is 1.06 bits per heavy atom. The minimum absolute atomic E-state index is 0.0718. The van der Waals surface area contributed by atoms with Gasteiger partial charge in [-0.15, -0.1) is 0 Å². The number of nitrogens with two attached hydrogens (primary N) is 2. The second-order valence-electron chi connectivity index (χ2n) is 4.82. The highest BCUT2D eigenvalue weighted by molar-refractivity contribution is 5.73. The Balaban J connectivity index is 0. The molecule has 0 bridgehead atoms. The van der Waals surface area contributed by atoms with Crippen molar-refractivity contribution in [1.82, 2.24) is 0 Å². The van der Waals surface area contributed by atoms with Crippen LogP contribution in [0.2, 0.25) is 0 Å². The molecule has 0 fully saturated rings. The molecule has 6 N–H and O–H groups in total. The fourth-order valence-corrected chi connectivity index (χ4v) is 1.11. The highest BCUT2D eigenvalue weighted by Crippen LogP contribution is 2.04. The van der Waals surface area contributed by atoms with Gasteiger partial charge in [0.05, 0.1) is 0 Å². The summed E-state index contributed by atoms with van der Waals surface area (Å²) >= 11 is 0. The molecular formula is C12H26N2O4. The summed E-state index contributed by atoms with van der Waals surface area (Å²) in [6.45, 7) is 7.65. The van der Waals surface area contributed by atoms with Gasteiger partial charge in [-0.25, -0.2) is 0 Å². The van der Waals surface area contributed by atoms with Crippen molar-refractivity contribution in [2.75, 3.05) is 0 Å². The van der Waals surface area contributed by atoms with Crippen molar-refractivity contribution in [3.8, 4) is 0 Å². The molecule has 6 nitrogen and oxygen atoms in total. The largest absolute Gasteiger partial charge is 0.480 e. The van der Waals surface area contributed by atoms with Crippen LogP contribution < -0.4 is 11.5 Å². The molecule has 0 aliphatic carbocycles. The van der Waals surface area contributed by atoms with E-state index in [4.69, 9.17) is 21.7 Å². The maximum Gasteiger partial charge on any atom is 0.320 e. The van der Waals surface area contributed by atoms with Crippen molar-refractivity contribution in [3.63, 3.8) is 0 Å². The molecule has 0 aliphatic rings. The van der Waals surface area contributed by atoms with Crippen LogP contribution in [0, 0.1) is 11.8 Å². The van der Waals surface area contributed by atoms with Crippen LogP contribution in [0.3, 0.4) is 0 Å². The van der Waals surface area contributed by atoms with Gasteiger partial charge in [0.25, 0.3) is 0 Å². The molecule has 0 saturated heterocycles. The summed E-state index contributed by atoms with van der Waals surface area (Å²) in [5.41, 5.74) is 10.5. The zero-order valence-corrected chi connectivity index (χ0v) is 11.6. The van der Waals surface area contributed by atoms with Crippen LogP contribution in [0.25, 0.3) is 0 Å². The number of carboxylic acid groups (broad SMARTS) is 2. The molecule has 0 aromatic heterocycles. The first-order valence-electron chi connectivity index (χ1n) is 6.10. The predicted octanol–water partition coefficient (Wildman–Crippen LogP) is 0.889. The predicted molar refractivity (Wildman–Crippen MR) is 70.1 cm³/mol.